The minimum absolute atomic E-state index is 0.224. The summed E-state index contributed by atoms with van der Waals surface area (Å²) in [4.78, 5) is 14.8. The Kier molecular flexibility index (Phi) is 3.06. The molecule has 0 bridgehead atoms. The van der Waals surface area contributed by atoms with Crippen LogP contribution in [0.4, 0.5) is 4.39 Å². The number of hydrogen-bond acceptors (Lipinski definition) is 2. The second-order valence-electron chi connectivity index (χ2n) is 3.45. The molecule has 0 fully saturated rings. The summed E-state index contributed by atoms with van der Waals surface area (Å²) < 4.78 is 13.6. The molecular weight excluding hydrogens is 243 g/mol. The van der Waals surface area contributed by atoms with E-state index in [0.717, 1.165) is 0 Å². The molecule has 0 saturated heterocycles. The van der Waals surface area contributed by atoms with Gasteiger partial charge in [0.2, 0.25) is 5.91 Å². The first-order valence-electron chi connectivity index (χ1n) is 4.78. The standard InChI is InChI=1S/C12H8ClFN2O/c13-9-1-2-11(14)10(4-9)7-3-8(12(15)17)6-16-5-7/h1-6H,(H2,15,17). The number of amides is 1. The molecule has 0 unspecified atom stereocenters. The molecule has 5 heteroatoms. The predicted molar refractivity (Wildman–Crippen MR) is 63.2 cm³/mol. The fourth-order valence-electron chi connectivity index (χ4n) is 1.44. The van der Waals surface area contributed by atoms with E-state index in [4.69, 9.17) is 17.3 Å². The Labute approximate surface area is 102 Å². The number of aromatic nitrogens is 1. The highest BCUT2D eigenvalue weighted by Gasteiger charge is 2.08. The maximum Gasteiger partial charge on any atom is 0.250 e. The summed E-state index contributed by atoms with van der Waals surface area (Å²) in [6.45, 7) is 0. The maximum atomic E-state index is 13.6. The van der Waals surface area contributed by atoms with Gasteiger partial charge in [0.1, 0.15) is 5.82 Å². The lowest BCUT2D eigenvalue weighted by atomic mass is 10.1. The molecule has 0 saturated carbocycles. The monoisotopic (exact) mass is 250 g/mol. The Morgan fingerprint density at radius 2 is 2.06 bits per heavy atom. The quantitative estimate of drug-likeness (QED) is 0.891. The molecule has 3 nitrogen and oxygen atoms in total. The van der Waals surface area contributed by atoms with Crippen LogP contribution >= 0.6 is 11.6 Å². The molecule has 0 atom stereocenters. The normalized spacial score (nSPS) is 10.2. The number of hydrogen-bond donors (Lipinski definition) is 1. The van der Waals surface area contributed by atoms with Crippen molar-refractivity contribution in [3.05, 3.63) is 53.1 Å². The first kappa shape index (κ1) is 11.5. The van der Waals surface area contributed by atoms with Crippen LogP contribution < -0.4 is 5.73 Å². The Balaban J connectivity index is 2.56. The minimum Gasteiger partial charge on any atom is -0.366 e. The van der Waals surface area contributed by atoms with Gasteiger partial charge in [-0.1, -0.05) is 11.6 Å². The molecule has 0 aliphatic rings. The summed E-state index contributed by atoms with van der Waals surface area (Å²) in [5.41, 5.74) is 6.10. The Morgan fingerprint density at radius 3 is 2.76 bits per heavy atom. The number of nitrogens with zero attached hydrogens (tertiary/aromatic N) is 1. The van der Waals surface area contributed by atoms with Gasteiger partial charge in [0.25, 0.3) is 0 Å². The van der Waals surface area contributed by atoms with Gasteiger partial charge in [-0.15, -0.1) is 0 Å². The lowest BCUT2D eigenvalue weighted by molar-refractivity contribution is 0.1000. The smallest absolute Gasteiger partial charge is 0.250 e. The van der Waals surface area contributed by atoms with Gasteiger partial charge in [-0.25, -0.2) is 4.39 Å². The number of halogens is 2. The summed E-state index contributed by atoms with van der Waals surface area (Å²) in [6.07, 6.45) is 2.77. The van der Waals surface area contributed by atoms with Gasteiger partial charge in [0.15, 0.2) is 0 Å². The zero-order chi connectivity index (χ0) is 12.4. The van der Waals surface area contributed by atoms with Crippen LogP contribution in [0.15, 0.2) is 36.7 Å². The average molecular weight is 251 g/mol. The van der Waals surface area contributed by atoms with Crippen molar-refractivity contribution in [1.82, 2.24) is 4.98 Å². The molecule has 2 aromatic rings. The summed E-state index contributed by atoms with van der Waals surface area (Å²) >= 11 is 5.79. The number of rotatable bonds is 2. The third-order valence-electron chi connectivity index (χ3n) is 2.26. The molecule has 1 heterocycles. The molecule has 1 aromatic carbocycles. The van der Waals surface area contributed by atoms with Gasteiger partial charge in [0.05, 0.1) is 5.56 Å². The van der Waals surface area contributed by atoms with Crippen LogP contribution in [0.1, 0.15) is 10.4 Å². The van der Waals surface area contributed by atoms with Crippen molar-refractivity contribution >= 4 is 17.5 Å². The fraction of sp³-hybridized carbons (Fsp3) is 0. The van der Waals surface area contributed by atoms with E-state index in [1.54, 1.807) is 0 Å². The summed E-state index contributed by atoms with van der Waals surface area (Å²) in [6, 6.07) is 5.66. The summed E-state index contributed by atoms with van der Waals surface area (Å²) in [7, 11) is 0. The molecule has 1 amide bonds. The van der Waals surface area contributed by atoms with E-state index < -0.39 is 11.7 Å². The zero-order valence-corrected chi connectivity index (χ0v) is 9.41. The lowest BCUT2D eigenvalue weighted by Crippen LogP contribution is -2.11. The third-order valence-corrected chi connectivity index (χ3v) is 2.50. The van der Waals surface area contributed by atoms with Crippen LogP contribution in [0, 0.1) is 5.82 Å². The van der Waals surface area contributed by atoms with E-state index in [1.165, 1.54) is 36.7 Å². The molecule has 2 rings (SSSR count). The second-order valence-corrected chi connectivity index (χ2v) is 3.89. The van der Waals surface area contributed by atoms with Gasteiger partial charge in [0, 0.05) is 28.5 Å². The highest BCUT2D eigenvalue weighted by molar-refractivity contribution is 6.30. The maximum absolute atomic E-state index is 13.6. The first-order valence-corrected chi connectivity index (χ1v) is 5.16. The number of carbonyl (C=O) groups excluding carboxylic acids is 1. The van der Waals surface area contributed by atoms with E-state index in [-0.39, 0.29) is 11.1 Å². The second kappa shape index (κ2) is 4.51. The number of primary amides is 1. The van der Waals surface area contributed by atoms with Crippen LogP contribution in [0.25, 0.3) is 11.1 Å². The van der Waals surface area contributed by atoms with E-state index in [9.17, 15) is 9.18 Å². The van der Waals surface area contributed by atoms with Crippen molar-refractivity contribution < 1.29 is 9.18 Å². The number of benzene rings is 1. The Hall–Kier alpha value is -1.94. The fourth-order valence-corrected chi connectivity index (χ4v) is 1.61. The number of carbonyl (C=O) groups is 1. The van der Waals surface area contributed by atoms with Crippen molar-refractivity contribution in [2.24, 2.45) is 5.73 Å². The molecule has 1 aromatic heterocycles. The van der Waals surface area contributed by atoms with Crippen molar-refractivity contribution in [3.8, 4) is 11.1 Å². The van der Waals surface area contributed by atoms with E-state index in [2.05, 4.69) is 4.98 Å². The Morgan fingerprint density at radius 1 is 1.29 bits per heavy atom. The molecule has 86 valence electrons. The van der Waals surface area contributed by atoms with Crippen molar-refractivity contribution in [3.63, 3.8) is 0 Å². The molecule has 2 N–H and O–H groups in total. The molecule has 0 aliphatic heterocycles. The third kappa shape index (κ3) is 2.42. The molecule has 0 radical (unpaired) electrons. The lowest BCUT2D eigenvalue weighted by Gasteiger charge is -2.04. The molecule has 17 heavy (non-hydrogen) atoms. The van der Waals surface area contributed by atoms with E-state index in [1.807, 2.05) is 0 Å². The van der Waals surface area contributed by atoms with Crippen LogP contribution in [-0.4, -0.2) is 10.9 Å². The van der Waals surface area contributed by atoms with Crippen molar-refractivity contribution in [1.29, 1.82) is 0 Å². The zero-order valence-electron chi connectivity index (χ0n) is 8.65. The van der Waals surface area contributed by atoms with Gasteiger partial charge >= 0.3 is 0 Å². The van der Waals surface area contributed by atoms with Gasteiger partial charge in [-0.3, -0.25) is 9.78 Å². The predicted octanol–water partition coefficient (Wildman–Crippen LogP) is 2.64. The van der Waals surface area contributed by atoms with Crippen LogP contribution in [0.2, 0.25) is 5.02 Å². The highest BCUT2D eigenvalue weighted by atomic mass is 35.5. The number of nitrogens with two attached hydrogens (primary N) is 1. The van der Waals surface area contributed by atoms with Crippen LogP contribution in [0.5, 0.6) is 0 Å². The van der Waals surface area contributed by atoms with Crippen molar-refractivity contribution in [2.75, 3.05) is 0 Å². The van der Waals surface area contributed by atoms with Gasteiger partial charge < -0.3 is 5.73 Å². The summed E-state index contributed by atoms with van der Waals surface area (Å²) in [5.74, 6) is -1.04. The summed E-state index contributed by atoms with van der Waals surface area (Å²) in [5, 5.41) is 0.408. The molecule has 0 aliphatic carbocycles. The Bertz CT molecular complexity index is 586. The molecular formula is C12H8ClFN2O. The number of pyridine rings is 1. The highest BCUT2D eigenvalue weighted by Crippen LogP contribution is 2.25. The topological polar surface area (TPSA) is 56.0 Å². The van der Waals surface area contributed by atoms with E-state index in [0.29, 0.717) is 10.6 Å². The van der Waals surface area contributed by atoms with E-state index >= 15 is 0 Å². The SMILES string of the molecule is NC(=O)c1cncc(-c2cc(Cl)ccc2F)c1. The van der Waals surface area contributed by atoms with Gasteiger partial charge in [-0.05, 0) is 24.3 Å². The minimum atomic E-state index is -0.609. The first-order chi connectivity index (χ1) is 8.08. The van der Waals surface area contributed by atoms with Crippen LogP contribution in [-0.2, 0) is 0 Å². The largest absolute Gasteiger partial charge is 0.366 e. The molecule has 0 spiro atoms. The van der Waals surface area contributed by atoms with Gasteiger partial charge in [-0.2, -0.15) is 0 Å². The average Bonchev–Trinajstić information content (AvgIpc) is 2.32. The van der Waals surface area contributed by atoms with Crippen LogP contribution in [0.3, 0.4) is 0 Å². The van der Waals surface area contributed by atoms with Crippen molar-refractivity contribution in [2.45, 2.75) is 0 Å².